The molecule has 1 heterocycles. The Kier molecular flexibility index (Phi) is 6.26. The van der Waals surface area contributed by atoms with E-state index in [0.29, 0.717) is 22.5 Å². The van der Waals surface area contributed by atoms with Crippen molar-refractivity contribution in [2.45, 2.75) is 38.7 Å². The van der Waals surface area contributed by atoms with Gasteiger partial charge in [0.15, 0.2) is 0 Å². The minimum atomic E-state index is -0.299. The van der Waals surface area contributed by atoms with Gasteiger partial charge in [-0.05, 0) is 68.5 Å². The molecule has 0 spiro atoms. The summed E-state index contributed by atoms with van der Waals surface area (Å²) >= 11 is 0. The summed E-state index contributed by atoms with van der Waals surface area (Å²) in [5, 5.41) is 5.79. The molecule has 4 rings (SSSR count). The largest absolute Gasteiger partial charge is 0.490 e. The maximum Gasteiger partial charge on any atom is 0.257 e. The summed E-state index contributed by atoms with van der Waals surface area (Å²) in [6, 6.07) is 16.0. The van der Waals surface area contributed by atoms with Crippen LogP contribution in [0.2, 0.25) is 0 Å². The minimum Gasteiger partial charge on any atom is -0.490 e. The number of benzene rings is 2. The first kappa shape index (κ1) is 20.6. The second kappa shape index (κ2) is 9.43. The average molecular weight is 415 g/mol. The quantitative estimate of drug-likeness (QED) is 0.579. The molecule has 0 radical (unpaired) electrons. The fourth-order valence-electron chi connectivity index (χ4n) is 3.76. The van der Waals surface area contributed by atoms with Crippen LogP contribution in [0.15, 0.2) is 67.0 Å². The molecule has 6 heteroatoms. The molecule has 2 aromatic carbocycles. The highest BCUT2D eigenvalue weighted by Gasteiger charge is 2.18. The Morgan fingerprint density at radius 3 is 2.45 bits per heavy atom. The summed E-state index contributed by atoms with van der Waals surface area (Å²) in [6.45, 7) is 1.86. The van der Waals surface area contributed by atoms with E-state index in [1.54, 1.807) is 36.7 Å². The SMILES string of the molecule is Cc1cccc(C(=O)Nc2cccc(OC3CCCC3)c2)c1NC(=O)c1ccncc1. The highest BCUT2D eigenvalue weighted by Crippen LogP contribution is 2.27. The van der Waals surface area contributed by atoms with Gasteiger partial charge in [0, 0.05) is 29.7 Å². The molecule has 31 heavy (non-hydrogen) atoms. The van der Waals surface area contributed by atoms with Crippen molar-refractivity contribution in [2.75, 3.05) is 10.6 Å². The molecule has 2 N–H and O–H groups in total. The number of hydrogen-bond acceptors (Lipinski definition) is 4. The molecule has 1 saturated carbocycles. The average Bonchev–Trinajstić information content (AvgIpc) is 3.29. The number of rotatable bonds is 6. The molecule has 0 unspecified atom stereocenters. The van der Waals surface area contributed by atoms with E-state index in [9.17, 15) is 9.59 Å². The molecule has 1 aromatic heterocycles. The first-order valence-electron chi connectivity index (χ1n) is 10.5. The lowest BCUT2D eigenvalue weighted by atomic mass is 10.1. The smallest absolute Gasteiger partial charge is 0.257 e. The first-order chi connectivity index (χ1) is 15.1. The first-order valence-corrected chi connectivity index (χ1v) is 10.5. The number of aryl methyl sites for hydroxylation is 1. The Bertz CT molecular complexity index is 1080. The van der Waals surface area contributed by atoms with E-state index in [1.807, 2.05) is 37.3 Å². The molecule has 1 aliphatic rings. The van der Waals surface area contributed by atoms with E-state index >= 15 is 0 Å². The van der Waals surface area contributed by atoms with Crippen molar-refractivity contribution in [2.24, 2.45) is 0 Å². The van der Waals surface area contributed by atoms with Crippen LogP contribution in [0.3, 0.4) is 0 Å². The number of amides is 2. The maximum atomic E-state index is 13.0. The number of para-hydroxylation sites is 1. The third-order valence-corrected chi connectivity index (χ3v) is 5.40. The van der Waals surface area contributed by atoms with Gasteiger partial charge in [-0.25, -0.2) is 0 Å². The van der Waals surface area contributed by atoms with Crippen LogP contribution in [0.5, 0.6) is 5.75 Å². The van der Waals surface area contributed by atoms with Gasteiger partial charge < -0.3 is 15.4 Å². The van der Waals surface area contributed by atoms with Crippen LogP contribution in [-0.2, 0) is 0 Å². The van der Waals surface area contributed by atoms with Crippen LogP contribution in [0, 0.1) is 6.92 Å². The molecular weight excluding hydrogens is 390 g/mol. The van der Waals surface area contributed by atoms with Gasteiger partial charge >= 0.3 is 0 Å². The molecule has 3 aromatic rings. The molecule has 0 aliphatic heterocycles. The van der Waals surface area contributed by atoms with Crippen molar-refractivity contribution in [1.82, 2.24) is 4.98 Å². The summed E-state index contributed by atoms with van der Waals surface area (Å²) < 4.78 is 6.03. The Balaban J connectivity index is 1.51. The number of nitrogens with zero attached hydrogens (tertiary/aromatic N) is 1. The van der Waals surface area contributed by atoms with Gasteiger partial charge in [-0.2, -0.15) is 0 Å². The van der Waals surface area contributed by atoms with Crippen LogP contribution in [0.25, 0.3) is 0 Å². The summed E-state index contributed by atoms with van der Waals surface area (Å²) in [7, 11) is 0. The zero-order valence-electron chi connectivity index (χ0n) is 17.4. The number of ether oxygens (including phenoxy) is 1. The maximum absolute atomic E-state index is 13.0. The van der Waals surface area contributed by atoms with Crippen LogP contribution in [-0.4, -0.2) is 22.9 Å². The van der Waals surface area contributed by atoms with Crippen molar-refractivity contribution in [3.05, 3.63) is 83.7 Å². The van der Waals surface area contributed by atoms with E-state index in [-0.39, 0.29) is 17.9 Å². The van der Waals surface area contributed by atoms with Crippen LogP contribution < -0.4 is 15.4 Å². The fourth-order valence-corrected chi connectivity index (χ4v) is 3.76. The summed E-state index contributed by atoms with van der Waals surface area (Å²) in [5.74, 6) is 0.157. The van der Waals surface area contributed by atoms with Gasteiger partial charge in [0.25, 0.3) is 11.8 Å². The van der Waals surface area contributed by atoms with Gasteiger partial charge in [-0.3, -0.25) is 14.6 Å². The van der Waals surface area contributed by atoms with Crippen molar-refractivity contribution in [1.29, 1.82) is 0 Å². The molecule has 0 atom stereocenters. The summed E-state index contributed by atoms with van der Waals surface area (Å²) in [5.41, 5.74) is 2.80. The number of carbonyl (C=O) groups excluding carboxylic acids is 2. The minimum absolute atomic E-state index is 0.248. The molecule has 6 nitrogen and oxygen atoms in total. The van der Waals surface area contributed by atoms with Gasteiger partial charge in [-0.15, -0.1) is 0 Å². The van der Waals surface area contributed by atoms with Crippen molar-refractivity contribution in [3.8, 4) is 5.75 Å². The number of aromatic nitrogens is 1. The van der Waals surface area contributed by atoms with Crippen molar-refractivity contribution >= 4 is 23.2 Å². The summed E-state index contributed by atoms with van der Waals surface area (Å²) in [4.78, 5) is 29.6. The Hall–Kier alpha value is -3.67. The second-order valence-corrected chi connectivity index (χ2v) is 7.69. The molecule has 1 aliphatic carbocycles. The number of carbonyl (C=O) groups is 2. The zero-order valence-corrected chi connectivity index (χ0v) is 17.4. The lowest BCUT2D eigenvalue weighted by molar-refractivity contribution is 0.102. The molecule has 0 bridgehead atoms. The van der Waals surface area contributed by atoms with E-state index in [4.69, 9.17) is 4.74 Å². The van der Waals surface area contributed by atoms with E-state index in [1.165, 1.54) is 12.8 Å². The normalized spacial score (nSPS) is 13.6. The van der Waals surface area contributed by atoms with E-state index in [0.717, 1.165) is 24.2 Å². The highest BCUT2D eigenvalue weighted by atomic mass is 16.5. The summed E-state index contributed by atoms with van der Waals surface area (Å²) in [6.07, 6.45) is 7.89. The molecular formula is C25H25N3O3. The predicted molar refractivity (Wildman–Crippen MR) is 121 cm³/mol. The third-order valence-electron chi connectivity index (χ3n) is 5.40. The molecule has 1 fully saturated rings. The van der Waals surface area contributed by atoms with Gasteiger partial charge in [0.2, 0.25) is 0 Å². The number of nitrogens with one attached hydrogen (secondary N) is 2. The number of pyridine rings is 1. The van der Waals surface area contributed by atoms with Gasteiger partial charge in [0.05, 0.1) is 17.4 Å². The van der Waals surface area contributed by atoms with Crippen molar-refractivity contribution in [3.63, 3.8) is 0 Å². The lowest BCUT2D eigenvalue weighted by Crippen LogP contribution is -2.19. The van der Waals surface area contributed by atoms with Crippen LogP contribution >= 0.6 is 0 Å². The Labute approximate surface area is 181 Å². The number of anilines is 2. The fraction of sp³-hybridized carbons (Fsp3) is 0.240. The molecule has 158 valence electrons. The molecule has 0 saturated heterocycles. The zero-order chi connectivity index (χ0) is 21.6. The highest BCUT2D eigenvalue weighted by molar-refractivity contribution is 6.13. The van der Waals surface area contributed by atoms with Crippen LogP contribution in [0.1, 0.15) is 52.0 Å². The lowest BCUT2D eigenvalue weighted by Gasteiger charge is -2.16. The van der Waals surface area contributed by atoms with Crippen molar-refractivity contribution < 1.29 is 14.3 Å². The second-order valence-electron chi connectivity index (χ2n) is 7.69. The van der Waals surface area contributed by atoms with E-state index < -0.39 is 0 Å². The van der Waals surface area contributed by atoms with Gasteiger partial charge in [-0.1, -0.05) is 18.2 Å². The monoisotopic (exact) mass is 415 g/mol. The topological polar surface area (TPSA) is 80.3 Å². The number of hydrogen-bond donors (Lipinski definition) is 2. The standard InChI is InChI=1S/C25H25N3O3/c1-17-6-4-11-22(23(17)28-24(29)18-12-14-26-15-13-18)25(30)27-19-7-5-10-21(16-19)31-20-8-2-3-9-20/h4-7,10-16,20H,2-3,8-9H2,1H3,(H,27,30)(H,28,29). The third kappa shape index (κ3) is 5.09. The van der Waals surface area contributed by atoms with E-state index in [2.05, 4.69) is 15.6 Å². The Morgan fingerprint density at radius 1 is 0.935 bits per heavy atom. The van der Waals surface area contributed by atoms with Crippen LogP contribution in [0.4, 0.5) is 11.4 Å². The Morgan fingerprint density at radius 2 is 1.68 bits per heavy atom. The molecule has 2 amide bonds. The predicted octanol–water partition coefficient (Wildman–Crippen LogP) is 5.22. The van der Waals surface area contributed by atoms with Gasteiger partial charge in [0.1, 0.15) is 5.75 Å².